The van der Waals surface area contributed by atoms with E-state index in [0.717, 1.165) is 0 Å². The van der Waals surface area contributed by atoms with E-state index in [1.54, 1.807) is 18.2 Å². The molecule has 0 saturated heterocycles. The molecule has 0 aliphatic carbocycles. The number of ether oxygens (including phenoxy) is 1. The van der Waals surface area contributed by atoms with Crippen LogP contribution in [-0.4, -0.2) is 28.1 Å². The Morgan fingerprint density at radius 2 is 1.93 bits per heavy atom. The average molecular weight is 198 g/mol. The first-order valence-electron chi connectivity index (χ1n) is 3.87. The van der Waals surface area contributed by atoms with Crippen LogP contribution in [0.15, 0.2) is 30.3 Å². The SMILES string of the molecule is O=C(O)C(O)(OCO)c1ccccc1. The van der Waals surface area contributed by atoms with Crippen molar-refractivity contribution in [2.24, 2.45) is 0 Å². The van der Waals surface area contributed by atoms with Crippen molar-refractivity contribution in [1.29, 1.82) is 0 Å². The molecule has 1 aromatic carbocycles. The van der Waals surface area contributed by atoms with Crippen LogP contribution in [0.4, 0.5) is 0 Å². The van der Waals surface area contributed by atoms with Crippen molar-refractivity contribution in [3.8, 4) is 0 Å². The number of rotatable bonds is 4. The molecule has 0 heterocycles. The van der Waals surface area contributed by atoms with Crippen LogP contribution < -0.4 is 0 Å². The highest BCUT2D eigenvalue weighted by Gasteiger charge is 2.39. The van der Waals surface area contributed by atoms with Crippen LogP contribution in [-0.2, 0) is 15.3 Å². The van der Waals surface area contributed by atoms with Crippen LogP contribution >= 0.6 is 0 Å². The van der Waals surface area contributed by atoms with E-state index >= 15 is 0 Å². The lowest BCUT2D eigenvalue weighted by atomic mass is 10.1. The Morgan fingerprint density at radius 1 is 1.36 bits per heavy atom. The maximum Gasteiger partial charge on any atom is 0.369 e. The smallest absolute Gasteiger partial charge is 0.369 e. The lowest BCUT2D eigenvalue weighted by Crippen LogP contribution is -2.38. The van der Waals surface area contributed by atoms with Crippen LogP contribution in [0.2, 0.25) is 0 Å². The number of benzene rings is 1. The van der Waals surface area contributed by atoms with Gasteiger partial charge in [0.25, 0.3) is 5.79 Å². The topological polar surface area (TPSA) is 87.0 Å². The van der Waals surface area contributed by atoms with Crippen molar-refractivity contribution in [3.63, 3.8) is 0 Å². The second-order valence-corrected chi connectivity index (χ2v) is 2.59. The lowest BCUT2D eigenvalue weighted by molar-refractivity contribution is -0.250. The third kappa shape index (κ3) is 1.90. The third-order valence-electron chi connectivity index (χ3n) is 1.73. The Labute approximate surface area is 80.2 Å². The molecular weight excluding hydrogens is 188 g/mol. The monoisotopic (exact) mass is 198 g/mol. The van der Waals surface area contributed by atoms with Gasteiger partial charge in [0.1, 0.15) is 6.79 Å². The van der Waals surface area contributed by atoms with Gasteiger partial charge in [-0.1, -0.05) is 30.3 Å². The molecule has 1 atom stereocenters. The second-order valence-electron chi connectivity index (χ2n) is 2.59. The van der Waals surface area contributed by atoms with Crippen molar-refractivity contribution in [1.82, 2.24) is 0 Å². The molecule has 0 spiro atoms. The lowest BCUT2D eigenvalue weighted by Gasteiger charge is -2.22. The van der Waals surface area contributed by atoms with Gasteiger partial charge in [0.15, 0.2) is 0 Å². The molecule has 0 aliphatic heterocycles. The molecule has 14 heavy (non-hydrogen) atoms. The summed E-state index contributed by atoms with van der Waals surface area (Å²) in [6, 6.07) is 7.58. The predicted molar refractivity (Wildman–Crippen MR) is 46.1 cm³/mol. The zero-order valence-corrected chi connectivity index (χ0v) is 7.25. The molecule has 1 unspecified atom stereocenters. The van der Waals surface area contributed by atoms with E-state index < -0.39 is 18.5 Å². The van der Waals surface area contributed by atoms with Gasteiger partial charge in [0.05, 0.1) is 0 Å². The van der Waals surface area contributed by atoms with Gasteiger partial charge < -0.3 is 20.1 Å². The van der Waals surface area contributed by atoms with Gasteiger partial charge in [-0.25, -0.2) is 4.79 Å². The highest BCUT2D eigenvalue weighted by atomic mass is 16.7. The van der Waals surface area contributed by atoms with E-state index in [4.69, 9.17) is 10.2 Å². The molecule has 0 aromatic heterocycles. The predicted octanol–water partition coefficient (Wildman–Crippen LogP) is -0.117. The summed E-state index contributed by atoms with van der Waals surface area (Å²) >= 11 is 0. The fourth-order valence-electron chi connectivity index (χ4n) is 1.03. The zero-order valence-electron chi connectivity index (χ0n) is 7.25. The minimum Gasteiger partial charge on any atom is -0.477 e. The summed E-state index contributed by atoms with van der Waals surface area (Å²) in [7, 11) is 0. The van der Waals surface area contributed by atoms with E-state index in [9.17, 15) is 9.90 Å². The van der Waals surface area contributed by atoms with Gasteiger partial charge in [-0.15, -0.1) is 0 Å². The molecule has 0 aliphatic rings. The van der Waals surface area contributed by atoms with Gasteiger partial charge in [0, 0.05) is 5.56 Å². The molecule has 0 fully saturated rings. The molecule has 5 heteroatoms. The minimum atomic E-state index is -2.49. The molecule has 3 N–H and O–H groups in total. The van der Waals surface area contributed by atoms with E-state index in [1.807, 2.05) is 0 Å². The molecule has 1 rings (SSSR count). The number of aliphatic hydroxyl groups excluding tert-OH is 1. The van der Waals surface area contributed by atoms with Crippen molar-refractivity contribution in [2.75, 3.05) is 6.79 Å². The van der Waals surface area contributed by atoms with Crippen LogP contribution in [0, 0.1) is 0 Å². The summed E-state index contributed by atoms with van der Waals surface area (Å²) in [4.78, 5) is 10.7. The number of aliphatic hydroxyl groups is 2. The standard InChI is InChI=1S/C9H10O5/c10-6-14-9(13,8(11)12)7-4-2-1-3-5-7/h1-5,10,13H,6H2,(H,11,12). The molecule has 1 aromatic rings. The minimum absolute atomic E-state index is 0.0570. The zero-order chi connectivity index (χ0) is 10.6. The van der Waals surface area contributed by atoms with E-state index in [2.05, 4.69) is 4.74 Å². The van der Waals surface area contributed by atoms with E-state index in [0.29, 0.717) is 0 Å². The summed E-state index contributed by atoms with van der Waals surface area (Å²) in [5.41, 5.74) is 0.0570. The van der Waals surface area contributed by atoms with Crippen molar-refractivity contribution in [3.05, 3.63) is 35.9 Å². The Kier molecular flexibility index (Phi) is 3.19. The highest BCUT2D eigenvalue weighted by molar-refractivity contribution is 5.77. The van der Waals surface area contributed by atoms with Crippen molar-refractivity contribution >= 4 is 5.97 Å². The van der Waals surface area contributed by atoms with Gasteiger partial charge >= 0.3 is 5.97 Å². The Bertz CT molecular complexity index is 310. The van der Waals surface area contributed by atoms with Gasteiger partial charge in [-0.05, 0) is 0 Å². The molecule has 0 saturated carbocycles. The first kappa shape index (κ1) is 10.6. The van der Waals surface area contributed by atoms with Gasteiger partial charge in [-0.2, -0.15) is 0 Å². The fourth-order valence-corrected chi connectivity index (χ4v) is 1.03. The first-order valence-corrected chi connectivity index (χ1v) is 3.87. The number of carboxylic acids is 1. The summed E-state index contributed by atoms with van der Waals surface area (Å²) in [5, 5.41) is 26.8. The molecule has 5 nitrogen and oxygen atoms in total. The normalized spacial score (nSPS) is 14.7. The van der Waals surface area contributed by atoms with Gasteiger partial charge in [-0.3, -0.25) is 0 Å². The van der Waals surface area contributed by atoms with E-state index in [-0.39, 0.29) is 5.56 Å². The van der Waals surface area contributed by atoms with Crippen molar-refractivity contribution < 1.29 is 24.9 Å². The summed E-state index contributed by atoms with van der Waals surface area (Å²) < 4.78 is 4.39. The fraction of sp³-hybridized carbons (Fsp3) is 0.222. The molecule has 0 radical (unpaired) electrons. The number of hydrogen-bond donors (Lipinski definition) is 3. The summed E-state index contributed by atoms with van der Waals surface area (Å²) in [6.45, 7) is -0.877. The largest absolute Gasteiger partial charge is 0.477 e. The van der Waals surface area contributed by atoms with Gasteiger partial charge in [0.2, 0.25) is 0 Å². The Morgan fingerprint density at radius 3 is 2.36 bits per heavy atom. The first-order chi connectivity index (χ1) is 6.61. The Balaban J connectivity index is 3.06. The van der Waals surface area contributed by atoms with E-state index in [1.165, 1.54) is 12.1 Å². The van der Waals surface area contributed by atoms with Crippen LogP contribution in [0.3, 0.4) is 0 Å². The maximum absolute atomic E-state index is 10.7. The summed E-state index contributed by atoms with van der Waals surface area (Å²) in [6.07, 6.45) is 0. The number of carboxylic acid groups (broad SMARTS) is 1. The van der Waals surface area contributed by atoms with Crippen molar-refractivity contribution in [2.45, 2.75) is 5.79 Å². The highest BCUT2D eigenvalue weighted by Crippen LogP contribution is 2.22. The Hall–Kier alpha value is -1.43. The maximum atomic E-state index is 10.7. The molecular formula is C9H10O5. The summed E-state index contributed by atoms with van der Waals surface area (Å²) in [5.74, 6) is -4.06. The quantitative estimate of drug-likeness (QED) is 0.587. The number of carbonyl (C=O) groups is 1. The molecule has 0 amide bonds. The van der Waals surface area contributed by atoms with Crippen LogP contribution in [0.25, 0.3) is 0 Å². The molecule has 0 bridgehead atoms. The second kappa shape index (κ2) is 4.19. The van der Waals surface area contributed by atoms with Crippen LogP contribution in [0.5, 0.6) is 0 Å². The average Bonchev–Trinajstić information content (AvgIpc) is 2.19. The van der Waals surface area contributed by atoms with Crippen LogP contribution in [0.1, 0.15) is 5.56 Å². The number of aliphatic carboxylic acids is 1. The molecule has 76 valence electrons. The number of hydrogen-bond acceptors (Lipinski definition) is 4. The third-order valence-corrected chi connectivity index (χ3v) is 1.73.